The summed E-state index contributed by atoms with van der Waals surface area (Å²) in [6.45, 7) is 1.18. The quantitative estimate of drug-likeness (QED) is 0.381. The first-order valence-electron chi connectivity index (χ1n) is 9.14. The molecular formula is C18H19Cl2N3O6S3. The third-order valence-electron chi connectivity index (χ3n) is 4.57. The highest BCUT2D eigenvalue weighted by Gasteiger charge is 2.20. The molecule has 0 unspecified atom stereocenters. The number of sulfone groups is 1. The average Bonchev–Trinajstić information content (AvgIpc) is 3.12. The summed E-state index contributed by atoms with van der Waals surface area (Å²) >= 11 is 12.2. The third-order valence-corrected chi connectivity index (χ3v) is 9.75. The molecule has 14 heteroatoms. The van der Waals surface area contributed by atoms with Gasteiger partial charge < -0.3 is 4.98 Å². The van der Waals surface area contributed by atoms with Crippen LogP contribution in [0.5, 0.6) is 0 Å². The standard InChI is InChI=1S/C18H19Cl2N3O6S3/c1-2-30(24,25)10-9-22-31(26,27)12-3-5-13(6-4-12)32(28,29)23-16-8-7-14(19)17-15(20)11-21-18(16)17/h3-8,11,21-23H,2,9-10H2,1H3. The van der Waals surface area contributed by atoms with Gasteiger partial charge in [-0.15, -0.1) is 0 Å². The molecule has 1 heterocycles. The molecule has 0 bridgehead atoms. The molecule has 3 rings (SSSR count). The van der Waals surface area contributed by atoms with Crippen molar-refractivity contribution in [2.45, 2.75) is 16.7 Å². The van der Waals surface area contributed by atoms with Gasteiger partial charge in [0.2, 0.25) is 10.0 Å². The Morgan fingerprint density at radius 1 is 0.844 bits per heavy atom. The lowest BCUT2D eigenvalue weighted by atomic mass is 10.2. The van der Waals surface area contributed by atoms with Crippen molar-refractivity contribution in [3.63, 3.8) is 0 Å². The summed E-state index contributed by atoms with van der Waals surface area (Å²) in [5, 5.41) is 1.15. The van der Waals surface area contributed by atoms with Crippen LogP contribution in [0.2, 0.25) is 10.0 Å². The van der Waals surface area contributed by atoms with E-state index >= 15 is 0 Å². The lowest BCUT2D eigenvalue weighted by molar-refractivity contribution is 0.580. The van der Waals surface area contributed by atoms with Gasteiger partial charge in [0, 0.05) is 23.9 Å². The molecule has 32 heavy (non-hydrogen) atoms. The molecule has 9 nitrogen and oxygen atoms in total. The Morgan fingerprint density at radius 2 is 1.44 bits per heavy atom. The topological polar surface area (TPSA) is 142 Å². The molecule has 0 spiro atoms. The lowest BCUT2D eigenvalue weighted by Crippen LogP contribution is -2.29. The molecule has 0 aliphatic rings. The molecular weight excluding hydrogens is 521 g/mol. The maximum Gasteiger partial charge on any atom is 0.261 e. The molecule has 0 aliphatic heterocycles. The van der Waals surface area contributed by atoms with Crippen LogP contribution in [0.15, 0.2) is 52.4 Å². The van der Waals surface area contributed by atoms with Crippen LogP contribution in [-0.2, 0) is 29.9 Å². The fourth-order valence-electron chi connectivity index (χ4n) is 2.81. The average molecular weight is 540 g/mol. The molecule has 0 saturated heterocycles. The Hall–Kier alpha value is -1.83. The van der Waals surface area contributed by atoms with E-state index in [0.717, 1.165) is 24.3 Å². The molecule has 1 aromatic heterocycles. The SMILES string of the molecule is CCS(=O)(=O)CCNS(=O)(=O)c1ccc(S(=O)(=O)Nc2ccc(Cl)c3c(Cl)c[nH]c23)cc1. The molecule has 0 atom stereocenters. The summed E-state index contributed by atoms with van der Waals surface area (Å²) in [4.78, 5) is 2.49. The number of anilines is 1. The number of hydrogen-bond acceptors (Lipinski definition) is 6. The van der Waals surface area contributed by atoms with Crippen molar-refractivity contribution in [1.82, 2.24) is 9.71 Å². The Bertz CT molecular complexity index is 1470. The number of nitrogens with one attached hydrogen (secondary N) is 3. The molecule has 0 aliphatic carbocycles. The van der Waals surface area contributed by atoms with Gasteiger partial charge >= 0.3 is 0 Å². The van der Waals surface area contributed by atoms with Crippen molar-refractivity contribution in [3.05, 3.63) is 52.6 Å². The summed E-state index contributed by atoms with van der Waals surface area (Å²) in [6.07, 6.45) is 1.48. The zero-order valence-corrected chi connectivity index (χ0v) is 20.6. The van der Waals surface area contributed by atoms with E-state index < -0.39 is 29.9 Å². The van der Waals surface area contributed by atoms with Crippen molar-refractivity contribution < 1.29 is 25.3 Å². The summed E-state index contributed by atoms with van der Waals surface area (Å²) in [5.41, 5.74) is 0.614. The van der Waals surface area contributed by atoms with E-state index in [9.17, 15) is 25.3 Å². The highest BCUT2D eigenvalue weighted by molar-refractivity contribution is 7.93. The van der Waals surface area contributed by atoms with Gasteiger partial charge in [-0.1, -0.05) is 30.1 Å². The van der Waals surface area contributed by atoms with Crippen molar-refractivity contribution in [1.29, 1.82) is 0 Å². The number of aromatic amines is 1. The van der Waals surface area contributed by atoms with Crippen LogP contribution in [0.3, 0.4) is 0 Å². The second-order valence-corrected chi connectivity index (χ2v) is 13.4. The Morgan fingerprint density at radius 3 is 2.03 bits per heavy atom. The molecule has 174 valence electrons. The smallest absolute Gasteiger partial charge is 0.261 e. The summed E-state index contributed by atoms with van der Waals surface area (Å²) in [7, 11) is -11.4. The maximum absolute atomic E-state index is 12.8. The Balaban J connectivity index is 1.80. The first kappa shape index (κ1) is 24.8. The molecule has 0 radical (unpaired) electrons. The van der Waals surface area contributed by atoms with Crippen LogP contribution in [0.1, 0.15) is 6.92 Å². The number of hydrogen-bond donors (Lipinski definition) is 3. The van der Waals surface area contributed by atoms with E-state index in [0.29, 0.717) is 20.9 Å². The fourth-order valence-corrected chi connectivity index (χ4v) is 6.31. The van der Waals surface area contributed by atoms with E-state index in [1.165, 1.54) is 25.3 Å². The predicted molar refractivity (Wildman–Crippen MR) is 125 cm³/mol. The molecule has 0 fully saturated rings. The zero-order chi connectivity index (χ0) is 23.7. The van der Waals surface area contributed by atoms with Gasteiger partial charge in [-0.25, -0.2) is 30.0 Å². The van der Waals surface area contributed by atoms with Crippen molar-refractivity contribution in [2.24, 2.45) is 0 Å². The predicted octanol–water partition coefficient (Wildman–Crippen LogP) is 2.99. The van der Waals surface area contributed by atoms with Crippen LogP contribution in [0.4, 0.5) is 5.69 Å². The molecule has 3 aromatic rings. The van der Waals surface area contributed by atoms with Gasteiger partial charge in [0.1, 0.15) is 0 Å². The van der Waals surface area contributed by atoms with Gasteiger partial charge in [-0.05, 0) is 36.4 Å². The van der Waals surface area contributed by atoms with Crippen molar-refractivity contribution in [2.75, 3.05) is 22.8 Å². The minimum Gasteiger partial charge on any atom is -0.358 e. The highest BCUT2D eigenvalue weighted by atomic mass is 35.5. The molecule has 2 aromatic carbocycles. The summed E-state index contributed by atoms with van der Waals surface area (Å²) in [6, 6.07) is 7.48. The normalized spacial score (nSPS) is 12.8. The van der Waals surface area contributed by atoms with Crippen LogP contribution < -0.4 is 9.44 Å². The lowest BCUT2D eigenvalue weighted by Gasteiger charge is -2.11. The second-order valence-electron chi connectivity index (χ2n) is 6.69. The van der Waals surface area contributed by atoms with E-state index in [1.54, 1.807) is 0 Å². The van der Waals surface area contributed by atoms with Gasteiger partial charge in [0.15, 0.2) is 9.84 Å². The monoisotopic (exact) mass is 539 g/mol. The van der Waals surface area contributed by atoms with Crippen molar-refractivity contribution >= 4 is 69.7 Å². The van der Waals surface area contributed by atoms with E-state index in [4.69, 9.17) is 23.2 Å². The highest BCUT2D eigenvalue weighted by Crippen LogP contribution is 2.35. The van der Waals surface area contributed by atoms with Crippen LogP contribution in [0.25, 0.3) is 10.9 Å². The zero-order valence-electron chi connectivity index (χ0n) is 16.6. The Kier molecular flexibility index (Phi) is 7.13. The Labute approximate surface area is 196 Å². The van der Waals surface area contributed by atoms with Gasteiger partial charge in [-0.3, -0.25) is 4.72 Å². The third kappa shape index (κ3) is 5.38. The minimum absolute atomic E-state index is 0.0943. The maximum atomic E-state index is 12.8. The van der Waals surface area contributed by atoms with E-state index in [2.05, 4.69) is 14.4 Å². The number of benzene rings is 2. The van der Waals surface area contributed by atoms with Gasteiger partial charge in [-0.2, -0.15) is 0 Å². The molecule has 3 N–H and O–H groups in total. The second kappa shape index (κ2) is 9.20. The number of H-pyrrole nitrogens is 1. The number of halogens is 2. The fraction of sp³-hybridized carbons (Fsp3) is 0.222. The van der Waals surface area contributed by atoms with Crippen LogP contribution in [-0.4, -0.2) is 48.3 Å². The summed E-state index contributed by atoms with van der Waals surface area (Å²) in [5.74, 6) is -0.430. The number of aromatic nitrogens is 1. The molecule has 0 amide bonds. The minimum atomic E-state index is -4.06. The van der Waals surface area contributed by atoms with E-state index in [-0.39, 0.29) is 33.5 Å². The first-order chi connectivity index (χ1) is 14.9. The van der Waals surface area contributed by atoms with E-state index in [1.807, 2.05) is 0 Å². The number of sulfonamides is 2. The van der Waals surface area contributed by atoms with Gasteiger partial charge in [0.05, 0.1) is 36.8 Å². The van der Waals surface area contributed by atoms with Crippen LogP contribution >= 0.6 is 23.2 Å². The largest absolute Gasteiger partial charge is 0.358 e. The summed E-state index contributed by atoms with van der Waals surface area (Å²) < 4.78 is 77.9. The van der Waals surface area contributed by atoms with Crippen LogP contribution in [0, 0.1) is 0 Å². The molecule has 0 saturated carbocycles. The van der Waals surface area contributed by atoms with Crippen molar-refractivity contribution in [3.8, 4) is 0 Å². The number of rotatable bonds is 9. The first-order valence-corrected chi connectivity index (χ1v) is 14.7. The number of fused-ring (bicyclic) bond motifs is 1. The van der Waals surface area contributed by atoms with Gasteiger partial charge in [0.25, 0.3) is 10.0 Å².